The summed E-state index contributed by atoms with van der Waals surface area (Å²) < 4.78 is 0.763. The van der Waals surface area contributed by atoms with Crippen LogP contribution in [0.1, 0.15) is 20.8 Å². The highest BCUT2D eigenvalue weighted by molar-refractivity contribution is 9.10. The van der Waals surface area contributed by atoms with Gasteiger partial charge in [0.2, 0.25) is 0 Å². The van der Waals surface area contributed by atoms with Gasteiger partial charge >= 0.3 is 0 Å². The Hall–Kier alpha value is -0.640. The summed E-state index contributed by atoms with van der Waals surface area (Å²) in [6.45, 7) is 6.41. The minimum absolute atomic E-state index is 0.0719. The molecular formula is C9H14BrN3. The number of aromatic nitrogens is 2. The van der Waals surface area contributed by atoms with E-state index in [0.29, 0.717) is 0 Å². The summed E-state index contributed by atoms with van der Waals surface area (Å²) in [7, 11) is 2.01. The summed E-state index contributed by atoms with van der Waals surface area (Å²) >= 11 is 3.25. The topological polar surface area (TPSA) is 29.0 Å². The van der Waals surface area contributed by atoms with Crippen LogP contribution in [0, 0.1) is 0 Å². The van der Waals surface area contributed by atoms with Crippen molar-refractivity contribution < 1.29 is 0 Å². The van der Waals surface area contributed by atoms with E-state index in [4.69, 9.17) is 0 Å². The maximum atomic E-state index is 4.26. The van der Waals surface area contributed by atoms with Crippen molar-refractivity contribution in [2.75, 3.05) is 11.9 Å². The third-order valence-electron chi connectivity index (χ3n) is 1.96. The average Bonchev–Trinajstić information content (AvgIpc) is 2.03. The van der Waals surface area contributed by atoms with E-state index in [2.05, 4.69) is 51.6 Å². The van der Waals surface area contributed by atoms with Crippen molar-refractivity contribution >= 4 is 21.7 Å². The summed E-state index contributed by atoms with van der Waals surface area (Å²) in [5.41, 5.74) is 0.0719. The second-order valence-corrected chi connectivity index (χ2v) is 4.74. The van der Waals surface area contributed by atoms with Gasteiger partial charge in [-0.15, -0.1) is 0 Å². The van der Waals surface area contributed by atoms with E-state index in [1.165, 1.54) is 0 Å². The molecule has 0 aromatic carbocycles. The lowest BCUT2D eigenvalue weighted by atomic mass is 10.1. The van der Waals surface area contributed by atoms with Gasteiger partial charge < -0.3 is 4.90 Å². The van der Waals surface area contributed by atoms with Gasteiger partial charge in [0.1, 0.15) is 10.4 Å². The van der Waals surface area contributed by atoms with Gasteiger partial charge in [0.25, 0.3) is 0 Å². The molecule has 1 aromatic rings. The van der Waals surface area contributed by atoms with E-state index in [-0.39, 0.29) is 5.54 Å². The number of hydrogen-bond acceptors (Lipinski definition) is 3. The molecule has 0 bridgehead atoms. The van der Waals surface area contributed by atoms with Gasteiger partial charge in [-0.1, -0.05) is 0 Å². The van der Waals surface area contributed by atoms with Crippen LogP contribution in [0.2, 0.25) is 0 Å². The molecule has 0 amide bonds. The van der Waals surface area contributed by atoms with Gasteiger partial charge in [0.15, 0.2) is 0 Å². The first-order chi connectivity index (χ1) is 5.91. The zero-order valence-corrected chi connectivity index (χ0v) is 9.96. The van der Waals surface area contributed by atoms with Crippen molar-refractivity contribution in [2.45, 2.75) is 26.3 Å². The molecule has 0 atom stereocenters. The molecule has 3 nitrogen and oxygen atoms in total. The Morgan fingerprint density at radius 3 is 2.23 bits per heavy atom. The summed E-state index contributed by atoms with van der Waals surface area (Å²) in [6, 6.07) is 0. The first-order valence-electron chi connectivity index (χ1n) is 4.12. The second-order valence-electron chi connectivity index (χ2n) is 3.93. The first-order valence-corrected chi connectivity index (χ1v) is 4.92. The number of halogens is 1. The predicted molar refractivity (Wildman–Crippen MR) is 57.9 cm³/mol. The molecule has 0 aliphatic carbocycles. The van der Waals surface area contributed by atoms with Crippen molar-refractivity contribution in [3.05, 3.63) is 17.0 Å². The number of hydrogen-bond donors (Lipinski definition) is 0. The monoisotopic (exact) mass is 243 g/mol. The fraction of sp³-hybridized carbons (Fsp3) is 0.556. The Bertz CT molecular complexity index is 276. The number of anilines is 1. The third kappa shape index (κ3) is 2.66. The van der Waals surface area contributed by atoms with Gasteiger partial charge in [-0.2, -0.15) is 0 Å². The van der Waals surface area contributed by atoms with Crippen LogP contribution in [0.15, 0.2) is 17.0 Å². The molecule has 1 rings (SSSR count). The van der Waals surface area contributed by atoms with Crippen LogP contribution in [0.4, 0.5) is 5.82 Å². The van der Waals surface area contributed by atoms with Crippen LogP contribution in [-0.2, 0) is 0 Å². The molecule has 0 fully saturated rings. The molecule has 0 N–H and O–H groups in total. The normalized spacial score (nSPS) is 11.5. The highest BCUT2D eigenvalue weighted by Gasteiger charge is 2.18. The van der Waals surface area contributed by atoms with Crippen molar-refractivity contribution in [3.8, 4) is 0 Å². The summed E-state index contributed by atoms with van der Waals surface area (Å²) in [6.07, 6.45) is 3.47. The SMILES string of the molecule is CN(c1cnc(Br)cn1)C(C)(C)C. The van der Waals surface area contributed by atoms with Crippen LogP contribution >= 0.6 is 15.9 Å². The highest BCUT2D eigenvalue weighted by atomic mass is 79.9. The maximum Gasteiger partial charge on any atom is 0.147 e. The quantitative estimate of drug-likeness (QED) is 0.759. The Labute approximate surface area is 87.3 Å². The zero-order valence-electron chi connectivity index (χ0n) is 8.37. The molecule has 1 heterocycles. The second kappa shape index (κ2) is 3.62. The Kier molecular flexibility index (Phi) is 2.91. The molecule has 4 heteroatoms. The van der Waals surface area contributed by atoms with E-state index in [1.54, 1.807) is 12.4 Å². The lowest BCUT2D eigenvalue weighted by molar-refractivity contribution is 0.533. The van der Waals surface area contributed by atoms with E-state index >= 15 is 0 Å². The van der Waals surface area contributed by atoms with E-state index in [0.717, 1.165) is 10.4 Å². The van der Waals surface area contributed by atoms with E-state index in [1.807, 2.05) is 7.05 Å². The Balaban J connectivity index is 2.90. The average molecular weight is 244 g/mol. The smallest absolute Gasteiger partial charge is 0.147 e. The minimum Gasteiger partial charge on any atom is -0.354 e. The van der Waals surface area contributed by atoms with Crippen molar-refractivity contribution in [2.24, 2.45) is 0 Å². The molecule has 0 aliphatic rings. The van der Waals surface area contributed by atoms with Crippen LogP contribution in [-0.4, -0.2) is 22.6 Å². The van der Waals surface area contributed by atoms with Crippen LogP contribution in [0.5, 0.6) is 0 Å². The van der Waals surface area contributed by atoms with Crippen molar-refractivity contribution in [1.29, 1.82) is 0 Å². The lowest BCUT2D eigenvalue weighted by Gasteiger charge is -2.32. The van der Waals surface area contributed by atoms with Crippen LogP contribution < -0.4 is 4.90 Å². The number of rotatable bonds is 1. The molecule has 0 aliphatic heterocycles. The lowest BCUT2D eigenvalue weighted by Crippen LogP contribution is -2.38. The summed E-state index contributed by atoms with van der Waals surface area (Å²) in [4.78, 5) is 10.5. The van der Waals surface area contributed by atoms with Gasteiger partial charge in [0, 0.05) is 12.6 Å². The molecule has 0 unspecified atom stereocenters. The van der Waals surface area contributed by atoms with Crippen molar-refractivity contribution in [1.82, 2.24) is 9.97 Å². The Morgan fingerprint density at radius 1 is 1.23 bits per heavy atom. The summed E-state index contributed by atoms with van der Waals surface area (Å²) in [5, 5.41) is 0. The largest absolute Gasteiger partial charge is 0.354 e. The van der Waals surface area contributed by atoms with Crippen LogP contribution in [0.3, 0.4) is 0 Å². The predicted octanol–water partition coefficient (Wildman–Crippen LogP) is 2.47. The minimum atomic E-state index is 0.0719. The first kappa shape index (κ1) is 10.4. The molecule has 0 saturated heterocycles. The van der Waals surface area contributed by atoms with E-state index < -0.39 is 0 Å². The zero-order chi connectivity index (χ0) is 10.1. The molecule has 0 spiro atoms. The third-order valence-corrected chi connectivity index (χ3v) is 2.37. The van der Waals surface area contributed by atoms with Gasteiger partial charge in [-0.3, -0.25) is 0 Å². The molecular weight excluding hydrogens is 230 g/mol. The van der Waals surface area contributed by atoms with Crippen LogP contribution in [0.25, 0.3) is 0 Å². The fourth-order valence-corrected chi connectivity index (χ4v) is 1.03. The molecule has 0 saturated carbocycles. The van der Waals surface area contributed by atoms with Gasteiger partial charge in [0.05, 0.1) is 12.4 Å². The molecule has 0 radical (unpaired) electrons. The Morgan fingerprint density at radius 2 is 1.85 bits per heavy atom. The van der Waals surface area contributed by atoms with E-state index in [9.17, 15) is 0 Å². The number of nitrogens with zero attached hydrogens (tertiary/aromatic N) is 3. The molecule has 72 valence electrons. The summed E-state index contributed by atoms with van der Waals surface area (Å²) in [5.74, 6) is 0.885. The van der Waals surface area contributed by atoms with Gasteiger partial charge in [-0.05, 0) is 36.7 Å². The van der Waals surface area contributed by atoms with Crippen molar-refractivity contribution in [3.63, 3.8) is 0 Å². The highest BCUT2D eigenvalue weighted by Crippen LogP contribution is 2.18. The fourth-order valence-electron chi connectivity index (χ4n) is 0.822. The van der Waals surface area contributed by atoms with Gasteiger partial charge in [-0.25, -0.2) is 9.97 Å². The maximum absolute atomic E-state index is 4.26. The molecule has 1 aromatic heterocycles. The molecule has 13 heavy (non-hydrogen) atoms. The standard InChI is InChI=1S/C9H14BrN3/c1-9(2,3)13(4)8-6-11-7(10)5-12-8/h5-6H,1-4H3.